The maximum Gasteiger partial charge on any atom is 0.174 e. The molecule has 0 spiro atoms. The van der Waals surface area contributed by atoms with Gasteiger partial charge >= 0.3 is 0 Å². The molecule has 1 aliphatic rings. The van der Waals surface area contributed by atoms with Crippen molar-refractivity contribution in [3.63, 3.8) is 0 Å². The summed E-state index contributed by atoms with van der Waals surface area (Å²) >= 11 is 3.54. The minimum absolute atomic E-state index is 0. The summed E-state index contributed by atoms with van der Waals surface area (Å²) in [6.07, 6.45) is 2.62. The molecule has 0 amide bonds. The molecule has 0 bridgehead atoms. The van der Waals surface area contributed by atoms with E-state index in [1.165, 1.54) is 24.9 Å². The van der Waals surface area contributed by atoms with Crippen LogP contribution in [0.1, 0.15) is 25.3 Å². The molecule has 1 N–H and O–H groups in total. The molecule has 0 radical (unpaired) electrons. The first kappa shape index (κ1) is 22.8. The number of methoxy groups -OCH3 is 2. The van der Waals surface area contributed by atoms with Crippen molar-refractivity contribution >= 4 is 40.7 Å². The predicted molar refractivity (Wildman–Crippen MR) is 104 cm³/mol. The van der Waals surface area contributed by atoms with Crippen LogP contribution in [0, 0.1) is 0 Å². The van der Waals surface area contributed by atoms with Crippen molar-refractivity contribution in [3.05, 3.63) is 22.2 Å². The molecule has 134 valence electrons. The number of rotatable bonds is 7. The fourth-order valence-electron chi connectivity index (χ4n) is 3.00. The molecule has 1 saturated heterocycles. The lowest BCUT2D eigenvalue weighted by atomic mass is 10.2. The Kier molecular flexibility index (Phi) is 11.3. The Balaban J connectivity index is 0.00000242. The largest absolute Gasteiger partial charge is 0.493 e. The highest BCUT2D eigenvalue weighted by molar-refractivity contribution is 9.10. The summed E-state index contributed by atoms with van der Waals surface area (Å²) in [7, 11) is 3.32. The topological polar surface area (TPSA) is 33.7 Å². The van der Waals surface area contributed by atoms with Crippen molar-refractivity contribution in [2.45, 2.75) is 32.4 Å². The maximum absolute atomic E-state index is 5.38. The smallest absolute Gasteiger partial charge is 0.174 e. The third-order valence-electron chi connectivity index (χ3n) is 4.11. The molecule has 23 heavy (non-hydrogen) atoms. The zero-order chi connectivity index (χ0) is 15.2. The highest BCUT2D eigenvalue weighted by Gasteiger charge is 2.22. The summed E-state index contributed by atoms with van der Waals surface area (Å²) in [5.41, 5.74) is 1.19. The molecule has 2 rings (SSSR count). The van der Waals surface area contributed by atoms with Crippen molar-refractivity contribution in [2.24, 2.45) is 0 Å². The van der Waals surface area contributed by atoms with E-state index in [0.717, 1.165) is 35.6 Å². The second kappa shape index (κ2) is 11.4. The Morgan fingerprint density at radius 3 is 2.61 bits per heavy atom. The van der Waals surface area contributed by atoms with Crippen LogP contribution in [0.15, 0.2) is 16.6 Å². The van der Waals surface area contributed by atoms with Gasteiger partial charge in [-0.3, -0.25) is 4.90 Å². The summed E-state index contributed by atoms with van der Waals surface area (Å²) in [6, 6.07) is 4.79. The Morgan fingerprint density at radius 1 is 1.26 bits per heavy atom. The van der Waals surface area contributed by atoms with Gasteiger partial charge in [0.05, 0.1) is 18.7 Å². The summed E-state index contributed by atoms with van der Waals surface area (Å²) in [4.78, 5) is 2.55. The number of benzene rings is 1. The Morgan fingerprint density at radius 2 is 2.00 bits per heavy atom. The molecule has 0 aromatic heterocycles. The van der Waals surface area contributed by atoms with Gasteiger partial charge in [-0.2, -0.15) is 0 Å². The molecule has 1 fully saturated rings. The summed E-state index contributed by atoms with van der Waals surface area (Å²) in [5.74, 6) is 1.51. The zero-order valence-electron chi connectivity index (χ0n) is 13.9. The Labute approximate surface area is 160 Å². The molecule has 7 heteroatoms. The van der Waals surface area contributed by atoms with Crippen molar-refractivity contribution in [1.82, 2.24) is 10.2 Å². The van der Waals surface area contributed by atoms with Gasteiger partial charge in [0.15, 0.2) is 11.5 Å². The lowest BCUT2D eigenvalue weighted by molar-refractivity contribution is 0.260. The van der Waals surface area contributed by atoms with Gasteiger partial charge in [0, 0.05) is 19.1 Å². The van der Waals surface area contributed by atoms with Crippen molar-refractivity contribution < 1.29 is 9.47 Å². The van der Waals surface area contributed by atoms with Crippen LogP contribution in [-0.2, 0) is 6.54 Å². The number of hydrogen-bond acceptors (Lipinski definition) is 4. The normalized spacial score (nSPS) is 17.3. The lowest BCUT2D eigenvalue weighted by Crippen LogP contribution is -2.37. The van der Waals surface area contributed by atoms with Crippen LogP contribution in [0.3, 0.4) is 0 Å². The number of likely N-dealkylation sites (tertiary alicyclic amines) is 1. The zero-order valence-corrected chi connectivity index (χ0v) is 17.2. The second-order valence-corrected chi connectivity index (χ2v) is 6.22. The average Bonchev–Trinajstić information content (AvgIpc) is 2.94. The monoisotopic (exact) mass is 428 g/mol. The predicted octanol–water partition coefficient (Wildman–Crippen LogP) is 3.88. The number of nitrogens with one attached hydrogen (secondary N) is 1. The summed E-state index contributed by atoms with van der Waals surface area (Å²) < 4.78 is 11.6. The van der Waals surface area contributed by atoms with E-state index in [-0.39, 0.29) is 24.8 Å². The standard InChI is InChI=1S/C16H25BrN2O2.2ClH/c1-4-19-7-5-6-13(19)11-18-10-12-8-14(17)16(21-3)15(9-12)20-2;;/h8-9,13,18H,4-7,10-11H2,1-3H3;2*1H. The van der Waals surface area contributed by atoms with E-state index >= 15 is 0 Å². The molecule has 0 saturated carbocycles. The van der Waals surface area contributed by atoms with Crippen LogP contribution in [0.25, 0.3) is 0 Å². The first-order valence-electron chi connectivity index (χ1n) is 7.54. The first-order valence-corrected chi connectivity index (χ1v) is 8.34. The average molecular weight is 430 g/mol. The number of likely N-dealkylation sites (N-methyl/N-ethyl adjacent to an activating group) is 1. The van der Waals surface area contributed by atoms with Crippen LogP contribution in [0.5, 0.6) is 11.5 Å². The highest BCUT2D eigenvalue weighted by Crippen LogP contribution is 2.36. The van der Waals surface area contributed by atoms with Gasteiger partial charge in [0.25, 0.3) is 0 Å². The van der Waals surface area contributed by atoms with Gasteiger partial charge in [0.2, 0.25) is 0 Å². The van der Waals surface area contributed by atoms with Crippen LogP contribution >= 0.6 is 40.7 Å². The van der Waals surface area contributed by atoms with Crippen molar-refractivity contribution in [1.29, 1.82) is 0 Å². The van der Waals surface area contributed by atoms with Crippen molar-refractivity contribution in [3.8, 4) is 11.5 Å². The molecule has 1 aliphatic heterocycles. The minimum Gasteiger partial charge on any atom is -0.493 e. The van der Waals surface area contributed by atoms with E-state index in [0.29, 0.717) is 6.04 Å². The van der Waals surface area contributed by atoms with E-state index in [2.05, 4.69) is 39.1 Å². The summed E-state index contributed by atoms with van der Waals surface area (Å²) in [6.45, 7) is 6.51. The lowest BCUT2D eigenvalue weighted by Gasteiger charge is -2.23. The number of hydrogen-bond donors (Lipinski definition) is 1. The van der Waals surface area contributed by atoms with E-state index < -0.39 is 0 Å². The molecule has 1 atom stereocenters. The fraction of sp³-hybridized carbons (Fsp3) is 0.625. The van der Waals surface area contributed by atoms with E-state index in [4.69, 9.17) is 9.47 Å². The molecule has 1 unspecified atom stereocenters. The molecule has 1 heterocycles. The van der Waals surface area contributed by atoms with Gasteiger partial charge in [-0.05, 0) is 59.6 Å². The number of nitrogens with zero attached hydrogens (tertiary/aromatic N) is 1. The molecular formula is C16H27BrCl2N2O2. The highest BCUT2D eigenvalue weighted by atomic mass is 79.9. The van der Waals surface area contributed by atoms with Gasteiger partial charge < -0.3 is 14.8 Å². The molecule has 0 aliphatic carbocycles. The Bertz CT molecular complexity index is 478. The third-order valence-corrected chi connectivity index (χ3v) is 4.70. The fourth-order valence-corrected chi connectivity index (χ4v) is 3.65. The SMILES string of the molecule is CCN1CCCC1CNCc1cc(Br)c(OC)c(OC)c1.Cl.Cl. The second-order valence-electron chi connectivity index (χ2n) is 5.37. The van der Waals surface area contributed by atoms with Gasteiger partial charge in [-0.25, -0.2) is 0 Å². The number of ether oxygens (including phenoxy) is 2. The van der Waals surface area contributed by atoms with Crippen LogP contribution in [0.4, 0.5) is 0 Å². The van der Waals surface area contributed by atoms with Crippen LogP contribution in [0.2, 0.25) is 0 Å². The molecule has 1 aromatic carbocycles. The third kappa shape index (κ3) is 5.98. The molecule has 4 nitrogen and oxygen atoms in total. The van der Waals surface area contributed by atoms with E-state index in [1.54, 1.807) is 14.2 Å². The van der Waals surface area contributed by atoms with E-state index in [1.807, 2.05) is 6.07 Å². The quantitative estimate of drug-likeness (QED) is 0.712. The van der Waals surface area contributed by atoms with Crippen LogP contribution < -0.4 is 14.8 Å². The van der Waals surface area contributed by atoms with Gasteiger partial charge in [-0.15, -0.1) is 24.8 Å². The molecular weight excluding hydrogens is 403 g/mol. The minimum atomic E-state index is 0. The maximum atomic E-state index is 5.38. The van der Waals surface area contributed by atoms with Crippen LogP contribution in [-0.4, -0.2) is 44.8 Å². The van der Waals surface area contributed by atoms with Gasteiger partial charge in [0.1, 0.15) is 0 Å². The van der Waals surface area contributed by atoms with E-state index in [9.17, 15) is 0 Å². The summed E-state index contributed by atoms with van der Waals surface area (Å²) in [5, 5.41) is 3.57. The number of halogens is 3. The first-order chi connectivity index (χ1) is 10.2. The Hall–Kier alpha value is -0.200. The molecule has 1 aromatic rings. The van der Waals surface area contributed by atoms with Crippen molar-refractivity contribution in [2.75, 3.05) is 33.9 Å². The van der Waals surface area contributed by atoms with Gasteiger partial charge in [-0.1, -0.05) is 6.92 Å².